The fourth-order valence-corrected chi connectivity index (χ4v) is 2.24. The van der Waals surface area contributed by atoms with Crippen molar-refractivity contribution in [1.82, 2.24) is 10.2 Å². The van der Waals surface area contributed by atoms with Crippen LogP contribution in [0.5, 0.6) is 0 Å². The largest absolute Gasteiger partial charge is 0.394 e. The van der Waals surface area contributed by atoms with Gasteiger partial charge in [0, 0.05) is 19.0 Å². The number of nitrogens with zero attached hydrogens (tertiary/aromatic N) is 1. The summed E-state index contributed by atoms with van der Waals surface area (Å²) in [5.74, 6) is -0.226. The van der Waals surface area contributed by atoms with Gasteiger partial charge >= 0.3 is 0 Å². The van der Waals surface area contributed by atoms with Crippen molar-refractivity contribution in [2.45, 2.75) is 44.7 Å². The zero-order valence-electron chi connectivity index (χ0n) is 10.2. The van der Waals surface area contributed by atoms with Gasteiger partial charge in [-0.3, -0.25) is 9.59 Å². The second kappa shape index (κ2) is 5.04. The van der Waals surface area contributed by atoms with Gasteiger partial charge < -0.3 is 15.3 Å². The molecule has 2 rings (SSSR count). The van der Waals surface area contributed by atoms with E-state index in [1.807, 2.05) is 11.8 Å². The summed E-state index contributed by atoms with van der Waals surface area (Å²) in [4.78, 5) is 25.4. The van der Waals surface area contributed by atoms with Crippen LogP contribution in [-0.2, 0) is 9.59 Å². The van der Waals surface area contributed by atoms with E-state index in [2.05, 4.69) is 5.32 Å². The lowest BCUT2D eigenvalue weighted by molar-refractivity contribution is -0.129. The van der Waals surface area contributed by atoms with E-state index in [1.165, 1.54) is 0 Å². The van der Waals surface area contributed by atoms with Crippen LogP contribution in [-0.4, -0.2) is 47.1 Å². The molecule has 17 heavy (non-hydrogen) atoms. The highest BCUT2D eigenvalue weighted by atomic mass is 16.3. The smallest absolute Gasteiger partial charge is 0.225 e. The summed E-state index contributed by atoms with van der Waals surface area (Å²) in [7, 11) is 0. The maximum Gasteiger partial charge on any atom is 0.225 e. The Labute approximate surface area is 101 Å². The van der Waals surface area contributed by atoms with Crippen molar-refractivity contribution < 1.29 is 14.7 Å². The normalized spacial score (nSPS) is 26.1. The molecule has 0 aromatic rings. The molecule has 0 bridgehead atoms. The molecule has 1 saturated carbocycles. The van der Waals surface area contributed by atoms with E-state index in [1.54, 1.807) is 0 Å². The lowest BCUT2D eigenvalue weighted by Crippen LogP contribution is -2.41. The molecule has 2 atom stereocenters. The highest BCUT2D eigenvalue weighted by Gasteiger charge is 2.41. The molecule has 0 spiro atoms. The highest BCUT2D eigenvalue weighted by molar-refractivity contribution is 5.89. The molecular formula is C12H20N2O3. The minimum atomic E-state index is -0.233. The summed E-state index contributed by atoms with van der Waals surface area (Å²) >= 11 is 0. The zero-order chi connectivity index (χ0) is 12.4. The Kier molecular flexibility index (Phi) is 3.66. The van der Waals surface area contributed by atoms with E-state index in [9.17, 15) is 9.59 Å². The van der Waals surface area contributed by atoms with E-state index in [0.717, 1.165) is 12.8 Å². The Morgan fingerprint density at radius 3 is 2.82 bits per heavy atom. The lowest BCUT2D eigenvalue weighted by atomic mass is 10.1. The second-order valence-corrected chi connectivity index (χ2v) is 4.97. The number of aliphatic hydroxyl groups excluding tert-OH is 1. The van der Waals surface area contributed by atoms with Crippen LogP contribution in [0.25, 0.3) is 0 Å². The van der Waals surface area contributed by atoms with Gasteiger partial charge in [0.25, 0.3) is 0 Å². The minimum absolute atomic E-state index is 0.0464. The molecule has 2 N–H and O–H groups in total. The first-order valence-corrected chi connectivity index (χ1v) is 6.36. The molecule has 1 heterocycles. The molecule has 0 aromatic carbocycles. The van der Waals surface area contributed by atoms with Crippen LogP contribution in [0.2, 0.25) is 0 Å². The zero-order valence-corrected chi connectivity index (χ0v) is 10.2. The van der Waals surface area contributed by atoms with Gasteiger partial charge in [-0.1, -0.05) is 6.92 Å². The summed E-state index contributed by atoms with van der Waals surface area (Å²) in [6, 6.07) is 0.202. The number of carbonyl (C=O) groups excluding carboxylic acids is 2. The Morgan fingerprint density at radius 2 is 2.29 bits per heavy atom. The first-order valence-electron chi connectivity index (χ1n) is 6.36. The standard InChI is InChI=1S/C12H20N2O3/c1-2-9(7-15)13-12(17)8-5-11(16)14(6-8)10-3-4-10/h8-10,15H,2-7H2,1H3,(H,13,17)/t8?,9-/m1/s1. The number of likely N-dealkylation sites (tertiary alicyclic amines) is 1. The predicted octanol–water partition coefficient (Wildman–Crippen LogP) is -0.116. The van der Waals surface area contributed by atoms with Gasteiger partial charge in [-0.25, -0.2) is 0 Å². The number of nitrogens with one attached hydrogen (secondary N) is 1. The Balaban J connectivity index is 1.86. The van der Waals surface area contributed by atoms with E-state index in [4.69, 9.17) is 5.11 Å². The van der Waals surface area contributed by atoms with E-state index in [0.29, 0.717) is 25.4 Å². The average Bonchev–Trinajstić information content (AvgIpc) is 3.09. The van der Waals surface area contributed by atoms with Crippen molar-refractivity contribution in [1.29, 1.82) is 0 Å². The van der Waals surface area contributed by atoms with Gasteiger partial charge in [-0.2, -0.15) is 0 Å². The maximum absolute atomic E-state index is 11.9. The van der Waals surface area contributed by atoms with Crippen LogP contribution < -0.4 is 5.32 Å². The first kappa shape index (κ1) is 12.4. The molecule has 1 aliphatic heterocycles. The van der Waals surface area contributed by atoms with Crippen molar-refractivity contribution in [2.24, 2.45) is 5.92 Å². The van der Waals surface area contributed by atoms with E-state index >= 15 is 0 Å². The van der Waals surface area contributed by atoms with Gasteiger partial charge in [0.15, 0.2) is 0 Å². The van der Waals surface area contributed by atoms with Crippen LogP contribution in [0.1, 0.15) is 32.6 Å². The maximum atomic E-state index is 11.9. The van der Waals surface area contributed by atoms with Gasteiger partial charge in [-0.05, 0) is 19.3 Å². The monoisotopic (exact) mass is 240 g/mol. The SMILES string of the molecule is CC[C@H](CO)NC(=O)C1CC(=O)N(C2CC2)C1. The fraction of sp³-hybridized carbons (Fsp3) is 0.833. The number of hydrogen-bond donors (Lipinski definition) is 2. The molecule has 1 unspecified atom stereocenters. The van der Waals surface area contributed by atoms with Gasteiger partial charge in [-0.15, -0.1) is 0 Å². The van der Waals surface area contributed by atoms with Crippen LogP contribution in [0.15, 0.2) is 0 Å². The third kappa shape index (κ3) is 2.77. The van der Waals surface area contributed by atoms with Crippen molar-refractivity contribution in [3.63, 3.8) is 0 Å². The molecule has 2 fully saturated rings. The first-order chi connectivity index (χ1) is 8.15. The van der Waals surface area contributed by atoms with Crippen molar-refractivity contribution in [3.8, 4) is 0 Å². The van der Waals surface area contributed by atoms with Crippen LogP contribution in [0, 0.1) is 5.92 Å². The summed E-state index contributed by atoms with van der Waals surface area (Å²) in [6.45, 7) is 2.42. The average molecular weight is 240 g/mol. The summed E-state index contributed by atoms with van der Waals surface area (Å²) in [6.07, 6.45) is 3.18. The quantitative estimate of drug-likeness (QED) is 0.704. The van der Waals surface area contributed by atoms with Crippen molar-refractivity contribution in [3.05, 3.63) is 0 Å². The van der Waals surface area contributed by atoms with Crippen LogP contribution >= 0.6 is 0 Å². The third-order valence-electron chi connectivity index (χ3n) is 3.58. The van der Waals surface area contributed by atoms with Crippen molar-refractivity contribution in [2.75, 3.05) is 13.2 Å². The van der Waals surface area contributed by atoms with Gasteiger partial charge in [0.05, 0.1) is 18.6 Å². The van der Waals surface area contributed by atoms with Gasteiger partial charge in [0.2, 0.25) is 11.8 Å². The summed E-state index contributed by atoms with van der Waals surface area (Å²) in [5, 5.41) is 11.8. The molecule has 0 aromatic heterocycles. The molecule has 1 aliphatic carbocycles. The van der Waals surface area contributed by atoms with Crippen LogP contribution in [0.3, 0.4) is 0 Å². The van der Waals surface area contributed by atoms with Crippen LogP contribution in [0.4, 0.5) is 0 Å². The molecular weight excluding hydrogens is 220 g/mol. The highest BCUT2D eigenvalue weighted by Crippen LogP contribution is 2.32. The second-order valence-electron chi connectivity index (χ2n) is 4.97. The number of rotatable bonds is 5. The summed E-state index contributed by atoms with van der Waals surface area (Å²) < 4.78 is 0. The number of aliphatic hydroxyl groups is 1. The predicted molar refractivity (Wildman–Crippen MR) is 62.1 cm³/mol. The number of hydrogen-bond acceptors (Lipinski definition) is 3. The molecule has 1 saturated heterocycles. The molecule has 5 nitrogen and oxygen atoms in total. The number of amides is 2. The Bertz CT molecular complexity index is 311. The lowest BCUT2D eigenvalue weighted by Gasteiger charge is -2.18. The third-order valence-corrected chi connectivity index (χ3v) is 3.58. The van der Waals surface area contributed by atoms with E-state index in [-0.39, 0.29) is 30.4 Å². The number of carbonyl (C=O) groups is 2. The Hall–Kier alpha value is -1.10. The topological polar surface area (TPSA) is 69.6 Å². The molecule has 2 amide bonds. The molecule has 2 aliphatic rings. The molecule has 0 radical (unpaired) electrons. The minimum Gasteiger partial charge on any atom is -0.394 e. The van der Waals surface area contributed by atoms with Crippen molar-refractivity contribution >= 4 is 11.8 Å². The van der Waals surface area contributed by atoms with Gasteiger partial charge in [0.1, 0.15) is 0 Å². The van der Waals surface area contributed by atoms with E-state index < -0.39 is 0 Å². The molecule has 96 valence electrons. The summed E-state index contributed by atoms with van der Waals surface area (Å²) in [5.41, 5.74) is 0. The molecule has 5 heteroatoms. The fourth-order valence-electron chi connectivity index (χ4n) is 2.24. The Morgan fingerprint density at radius 1 is 1.59 bits per heavy atom.